The van der Waals surface area contributed by atoms with Crippen molar-refractivity contribution < 1.29 is 27.4 Å². The van der Waals surface area contributed by atoms with Gasteiger partial charge >= 0.3 is 6.18 Å². The Kier molecular flexibility index (Phi) is 7.33. The molecule has 3 rings (SSSR count). The SMILES string of the molecule is CCOc1c(Cl)cc(C(=O)N2CCN(Cc3cccc(C(F)(F)F)c3)CC2)cc1OC. The van der Waals surface area contributed by atoms with Gasteiger partial charge in [0.15, 0.2) is 11.5 Å². The number of rotatable bonds is 6. The molecule has 0 atom stereocenters. The second-order valence-corrected chi connectivity index (χ2v) is 7.60. The molecule has 0 aromatic heterocycles. The van der Waals surface area contributed by atoms with E-state index in [0.717, 1.165) is 6.07 Å². The number of hydrogen-bond donors (Lipinski definition) is 0. The summed E-state index contributed by atoms with van der Waals surface area (Å²) in [6.45, 7) is 4.68. The second kappa shape index (κ2) is 9.78. The molecule has 5 nitrogen and oxygen atoms in total. The Hall–Kier alpha value is -2.45. The summed E-state index contributed by atoms with van der Waals surface area (Å²) in [6, 6.07) is 8.50. The minimum Gasteiger partial charge on any atom is -0.493 e. The molecule has 1 aliphatic heterocycles. The number of piperazine rings is 1. The fourth-order valence-electron chi connectivity index (χ4n) is 3.52. The maximum absolute atomic E-state index is 12.9. The molecular formula is C22H24ClF3N2O3. The zero-order valence-electron chi connectivity index (χ0n) is 17.3. The molecule has 0 bridgehead atoms. The average molecular weight is 457 g/mol. The zero-order chi connectivity index (χ0) is 22.6. The maximum atomic E-state index is 12.9. The smallest absolute Gasteiger partial charge is 0.416 e. The number of benzene rings is 2. The molecule has 0 radical (unpaired) electrons. The highest BCUT2D eigenvalue weighted by Gasteiger charge is 2.30. The van der Waals surface area contributed by atoms with Crippen LogP contribution in [0.25, 0.3) is 0 Å². The van der Waals surface area contributed by atoms with E-state index in [1.807, 2.05) is 11.8 Å². The van der Waals surface area contributed by atoms with E-state index in [-0.39, 0.29) is 5.91 Å². The van der Waals surface area contributed by atoms with E-state index in [2.05, 4.69) is 0 Å². The molecule has 9 heteroatoms. The van der Waals surface area contributed by atoms with Crippen molar-refractivity contribution in [3.63, 3.8) is 0 Å². The van der Waals surface area contributed by atoms with Crippen molar-refractivity contribution in [3.05, 3.63) is 58.1 Å². The van der Waals surface area contributed by atoms with E-state index in [4.69, 9.17) is 21.1 Å². The van der Waals surface area contributed by atoms with Crippen LogP contribution in [0.5, 0.6) is 11.5 Å². The molecule has 2 aromatic rings. The van der Waals surface area contributed by atoms with Crippen molar-refractivity contribution >= 4 is 17.5 Å². The summed E-state index contributed by atoms with van der Waals surface area (Å²) in [7, 11) is 1.48. The molecule has 2 aromatic carbocycles. The number of halogens is 4. The van der Waals surface area contributed by atoms with E-state index in [0.29, 0.717) is 67.0 Å². The van der Waals surface area contributed by atoms with Crippen LogP contribution < -0.4 is 9.47 Å². The fraction of sp³-hybridized carbons (Fsp3) is 0.409. The number of hydrogen-bond acceptors (Lipinski definition) is 4. The molecule has 0 aliphatic carbocycles. The van der Waals surface area contributed by atoms with E-state index >= 15 is 0 Å². The highest BCUT2D eigenvalue weighted by atomic mass is 35.5. The number of amides is 1. The molecule has 1 amide bonds. The predicted octanol–water partition coefficient (Wildman–Crippen LogP) is 4.72. The summed E-state index contributed by atoms with van der Waals surface area (Å²) >= 11 is 6.27. The lowest BCUT2D eigenvalue weighted by molar-refractivity contribution is -0.137. The monoisotopic (exact) mass is 456 g/mol. The van der Waals surface area contributed by atoms with Gasteiger partial charge in [-0.15, -0.1) is 0 Å². The fourth-order valence-corrected chi connectivity index (χ4v) is 3.79. The summed E-state index contributed by atoms with van der Waals surface area (Å²) in [5.41, 5.74) is 0.342. The summed E-state index contributed by atoms with van der Waals surface area (Å²) in [6.07, 6.45) is -4.36. The molecule has 0 unspecified atom stereocenters. The van der Waals surface area contributed by atoms with Gasteiger partial charge in [0.2, 0.25) is 0 Å². The Morgan fingerprint density at radius 3 is 2.45 bits per heavy atom. The quantitative estimate of drug-likeness (QED) is 0.630. The van der Waals surface area contributed by atoms with Crippen LogP contribution in [0, 0.1) is 0 Å². The van der Waals surface area contributed by atoms with Crippen LogP contribution in [0.4, 0.5) is 13.2 Å². The van der Waals surface area contributed by atoms with Gasteiger partial charge < -0.3 is 14.4 Å². The average Bonchev–Trinajstić information content (AvgIpc) is 2.74. The lowest BCUT2D eigenvalue weighted by Gasteiger charge is -2.35. The standard InChI is InChI=1S/C22H24ClF3N2O3/c1-3-31-20-18(23)12-16(13-19(20)30-2)21(29)28-9-7-27(8-10-28)14-15-5-4-6-17(11-15)22(24,25)26/h4-6,11-13H,3,7-10,14H2,1-2H3. The first kappa shape index (κ1) is 23.2. The Balaban J connectivity index is 1.63. The van der Waals surface area contributed by atoms with Crippen molar-refractivity contribution in [2.24, 2.45) is 0 Å². The van der Waals surface area contributed by atoms with Crippen LogP contribution in [-0.2, 0) is 12.7 Å². The largest absolute Gasteiger partial charge is 0.493 e. The van der Waals surface area contributed by atoms with E-state index in [9.17, 15) is 18.0 Å². The van der Waals surface area contributed by atoms with Gasteiger partial charge in [0, 0.05) is 38.3 Å². The highest BCUT2D eigenvalue weighted by Crippen LogP contribution is 2.37. The van der Waals surface area contributed by atoms with Crippen LogP contribution in [0.1, 0.15) is 28.4 Å². The third-order valence-corrected chi connectivity index (χ3v) is 5.37. The minimum atomic E-state index is -4.36. The molecule has 1 heterocycles. The van der Waals surface area contributed by atoms with Gasteiger partial charge in [-0.25, -0.2) is 0 Å². The Bertz CT molecular complexity index is 929. The van der Waals surface area contributed by atoms with Gasteiger partial charge in [-0.05, 0) is 30.7 Å². The lowest BCUT2D eigenvalue weighted by atomic mass is 10.1. The third kappa shape index (κ3) is 5.62. The van der Waals surface area contributed by atoms with Crippen molar-refractivity contribution in [1.29, 1.82) is 0 Å². The number of carbonyl (C=O) groups excluding carboxylic acids is 1. The molecule has 168 valence electrons. The van der Waals surface area contributed by atoms with Gasteiger partial charge in [-0.3, -0.25) is 9.69 Å². The van der Waals surface area contributed by atoms with Crippen molar-refractivity contribution in [2.45, 2.75) is 19.6 Å². The molecule has 31 heavy (non-hydrogen) atoms. The van der Waals surface area contributed by atoms with Crippen molar-refractivity contribution in [1.82, 2.24) is 9.80 Å². The number of carbonyl (C=O) groups is 1. The topological polar surface area (TPSA) is 42.0 Å². The first-order valence-electron chi connectivity index (χ1n) is 9.91. The van der Waals surface area contributed by atoms with Crippen LogP contribution >= 0.6 is 11.6 Å². The van der Waals surface area contributed by atoms with Gasteiger partial charge in [-0.2, -0.15) is 13.2 Å². The first-order chi connectivity index (χ1) is 14.7. The predicted molar refractivity (Wildman–Crippen MR) is 112 cm³/mol. The van der Waals surface area contributed by atoms with Crippen molar-refractivity contribution in [3.8, 4) is 11.5 Å². The summed E-state index contributed by atoms with van der Waals surface area (Å²) < 4.78 is 49.5. The van der Waals surface area contributed by atoms with Gasteiger partial charge in [-0.1, -0.05) is 29.8 Å². The lowest BCUT2D eigenvalue weighted by Crippen LogP contribution is -2.48. The van der Waals surface area contributed by atoms with Crippen LogP contribution in [0.15, 0.2) is 36.4 Å². The maximum Gasteiger partial charge on any atom is 0.416 e. The molecule has 0 spiro atoms. The minimum absolute atomic E-state index is 0.179. The van der Waals surface area contributed by atoms with E-state index < -0.39 is 11.7 Å². The van der Waals surface area contributed by atoms with Gasteiger partial charge in [0.25, 0.3) is 5.91 Å². The number of methoxy groups -OCH3 is 1. The van der Waals surface area contributed by atoms with Crippen LogP contribution in [0.3, 0.4) is 0 Å². The van der Waals surface area contributed by atoms with Gasteiger partial charge in [0.1, 0.15) is 0 Å². The third-order valence-electron chi connectivity index (χ3n) is 5.09. The normalized spacial score (nSPS) is 15.1. The van der Waals surface area contributed by atoms with Crippen LogP contribution in [0.2, 0.25) is 5.02 Å². The summed E-state index contributed by atoms with van der Waals surface area (Å²) in [5.74, 6) is 0.608. The zero-order valence-corrected chi connectivity index (χ0v) is 18.1. The molecule has 1 aliphatic rings. The Labute approximate surface area is 184 Å². The van der Waals surface area contributed by atoms with Crippen LogP contribution in [-0.4, -0.2) is 55.6 Å². The summed E-state index contributed by atoms with van der Waals surface area (Å²) in [4.78, 5) is 16.7. The Morgan fingerprint density at radius 2 is 1.84 bits per heavy atom. The number of alkyl halides is 3. The summed E-state index contributed by atoms with van der Waals surface area (Å²) in [5, 5.41) is 0.299. The van der Waals surface area contributed by atoms with E-state index in [1.165, 1.54) is 19.2 Å². The first-order valence-corrected chi connectivity index (χ1v) is 10.3. The van der Waals surface area contributed by atoms with Gasteiger partial charge in [0.05, 0.1) is 24.3 Å². The molecule has 1 saturated heterocycles. The van der Waals surface area contributed by atoms with E-state index in [1.54, 1.807) is 23.1 Å². The number of nitrogens with zero attached hydrogens (tertiary/aromatic N) is 2. The van der Waals surface area contributed by atoms with Crippen molar-refractivity contribution in [2.75, 3.05) is 39.9 Å². The highest BCUT2D eigenvalue weighted by molar-refractivity contribution is 6.32. The molecular weight excluding hydrogens is 433 g/mol. The number of ether oxygens (including phenoxy) is 2. The second-order valence-electron chi connectivity index (χ2n) is 7.19. The molecule has 0 N–H and O–H groups in total. The molecule has 1 fully saturated rings. The molecule has 0 saturated carbocycles. The Morgan fingerprint density at radius 1 is 1.13 bits per heavy atom.